The summed E-state index contributed by atoms with van der Waals surface area (Å²) >= 11 is 0. The number of amides is 1. The van der Waals surface area contributed by atoms with Gasteiger partial charge in [0.15, 0.2) is 11.5 Å². The van der Waals surface area contributed by atoms with Gasteiger partial charge in [-0.05, 0) is 36.4 Å². The maximum Gasteiger partial charge on any atom is 0.262 e. The number of anilines is 2. The number of ether oxygens (including phenoxy) is 3. The van der Waals surface area contributed by atoms with Crippen LogP contribution in [0.2, 0.25) is 0 Å². The molecule has 0 spiro atoms. The van der Waals surface area contributed by atoms with Crippen molar-refractivity contribution in [1.82, 2.24) is 0 Å². The Hall–Kier alpha value is -2.78. The second-order valence-corrected chi connectivity index (χ2v) is 7.51. The third-order valence-electron chi connectivity index (χ3n) is 3.73. The molecule has 0 aromatic heterocycles. The number of nitrogens with one attached hydrogen (secondary N) is 2. The normalized spacial score (nSPS) is 13.5. The van der Waals surface area contributed by atoms with Crippen molar-refractivity contribution in [3.63, 3.8) is 0 Å². The molecule has 0 saturated carbocycles. The number of hydrogen-bond donors (Lipinski definition) is 2. The van der Waals surface area contributed by atoms with Gasteiger partial charge in [0.05, 0.1) is 18.1 Å². The zero-order chi connectivity index (χ0) is 19.3. The van der Waals surface area contributed by atoms with Crippen molar-refractivity contribution >= 4 is 27.3 Å². The minimum Gasteiger partial charge on any atom is -0.490 e. The molecule has 9 heteroatoms. The van der Waals surface area contributed by atoms with E-state index in [1.165, 1.54) is 19.2 Å². The van der Waals surface area contributed by atoms with E-state index in [4.69, 9.17) is 14.2 Å². The summed E-state index contributed by atoms with van der Waals surface area (Å²) in [4.78, 5) is 11.6. The van der Waals surface area contributed by atoms with Crippen LogP contribution < -0.4 is 19.5 Å². The third kappa shape index (κ3) is 4.89. The van der Waals surface area contributed by atoms with E-state index in [1.807, 2.05) is 0 Å². The number of methoxy groups -OCH3 is 1. The zero-order valence-electron chi connectivity index (χ0n) is 14.7. The summed E-state index contributed by atoms with van der Waals surface area (Å²) in [5, 5.41) is 2.63. The maximum atomic E-state index is 12.6. The van der Waals surface area contributed by atoms with E-state index in [9.17, 15) is 13.2 Å². The first-order valence-electron chi connectivity index (χ1n) is 8.29. The Morgan fingerprint density at radius 3 is 2.41 bits per heavy atom. The summed E-state index contributed by atoms with van der Waals surface area (Å²) in [6.07, 6.45) is 0.738. The van der Waals surface area contributed by atoms with E-state index in [0.717, 1.165) is 6.42 Å². The molecule has 0 atom stereocenters. The first kappa shape index (κ1) is 19.0. The van der Waals surface area contributed by atoms with Crippen LogP contribution in [0.5, 0.6) is 11.5 Å². The predicted molar refractivity (Wildman–Crippen MR) is 99.8 cm³/mol. The predicted octanol–water partition coefficient (Wildman–Crippen LogP) is 2.23. The molecule has 0 radical (unpaired) electrons. The fourth-order valence-electron chi connectivity index (χ4n) is 2.47. The Balaban J connectivity index is 1.73. The number of rotatable bonds is 6. The fraction of sp³-hybridized carbons (Fsp3) is 0.278. The summed E-state index contributed by atoms with van der Waals surface area (Å²) in [6, 6.07) is 10.8. The van der Waals surface area contributed by atoms with Gasteiger partial charge < -0.3 is 19.5 Å². The SMILES string of the molecule is COCC(=O)Nc1ccc(NS(=O)(=O)c2ccc3c(c2)OCCCO3)cc1. The number of carbonyl (C=O) groups excluding carboxylic acids is 1. The molecule has 1 heterocycles. The molecule has 144 valence electrons. The highest BCUT2D eigenvalue weighted by atomic mass is 32.2. The number of fused-ring (bicyclic) bond motifs is 1. The molecule has 1 aliphatic rings. The Bertz CT molecular complexity index is 912. The molecule has 1 amide bonds. The molecule has 1 aliphatic heterocycles. The van der Waals surface area contributed by atoms with E-state index < -0.39 is 10.0 Å². The zero-order valence-corrected chi connectivity index (χ0v) is 15.5. The van der Waals surface area contributed by atoms with Crippen LogP contribution in [0.3, 0.4) is 0 Å². The molecule has 0 fully saturated rings. The number of carbonyl (C=O) groups is 1. The van der Waals surface area contributed by atoms with Gasteiger partial charge in [-0.1, -0.05) is 0 Å². The Morgan fingerprint density at radius 2 is 1.70 bits per heavy atom. The van der Waals surface area contributed by atoms with E-state index in [0.29, 0.717) is 36.1 Å². The van der Waals surface area contributed by atoms with E-state index in [1.54, 1.807) is 30.3 Å². The molecule has 0 unspecified atom stereocenters. The van der Waals surface area contributed by atoms with Crippen LogP contribution in [-0.2, 0) is 19.6 Å². The average Bonchev–Trinajstić information content (AvgIpc) is 2.88. The van der Waals surface area contributed by atoms with Gasteiger partial charge in [-0.2, -0.15) is 0 Å². The molecular formula is C18H20N2O6S. The van der Waals surface area contributed by atoms with Crippen molar-refractivity contribution in [3.05, 3.63) is 42.5 Å². The first-order valence-corrected chi connectivity index (χ1v) is 9.77. The highest BCUT2D eigenvalue weighted by molar-refractivity contribution is 7.92. The molecular weight excluding hydrogens is 372 g/mol. The summed E-state index contributed by atoms with van der Waals surface area (Å²) in [6.45, 7) is 0.948. The van der Waals surface area contributed by atoms with E-state index >= 15 is 0 Å². The molecule has 0 aliphatic carbocycles. The van der Waals surface area contributed by atoms with Crippen LogP contribution in [0.4, 0.5) is 11.4 Å². The second kappa shape index (κ2) is 8.28. The molecule has 8 nitrogen and oxygen atoms in total. The lowest BCUT2D eigenvalue weighted by Crippen LogP contribution is -2.17. The largest absolute Gasteiger partial charge is 0.490 e. The Labute approximate surface area is 157 Å². The minimum atomic E-state index is -3.80. The quantitative estimate of drug-likeness (QED) is 0.782. The smallest absolute Gasteiger partial charge is 0.262 e. The van der Waals surface area contributed by atoms with Crippen molar-refractivity contribution in [2.24, 2.45) is 0 Å². The standard InChI is InChI=1S/C18H20N2O6S/c1-24-12-18(21)19-13-3-5-14(6-4-13)20-27(22,23)15-7-8-16-17(11-15)26-10-2-9-25-16/h3-8,11,20H,2,9-10,12H2,1H3,(H,19,21). The number of sulfonamides is 1. The lowest BCUT2D eigenvalue weighted by molar-refractivity contribution is -0.119. The van der Waals surface area contributed by atoms with Crippen molar-refractivity contribution in [3.8, 4) is 11.5 Å². The number of benzene rings is 2. The van der Waals surface area contributed by atoms with Crippen molar-refractivity contribution in [2.45, 2.75) is 11.3 Å². The first-order chi connectivity index (χ1) is 13.0. The molecule has 0 saturated heterocycles. The maximum absolute atomic E-state index is 12.6. The van der Waals surface area contributed by atoms with Crippen molar-refractivity contribution in [2.75, 3.05) is 37.0 Å². The van der Waals surface area contributed by atoms with Crippen LogP contribution in [0, 0.1) is 0 Å². The second-order valence-electron chi connectivity index (χ2n) is 5.82. The monoisotopic (exact) mass is 392 g/mol. The van der Waals surface area contributed by atoms with Gasteiger partial charge in [0, 0.05) is 31.0 Å². The van der Waals surface area contributed by atoms with Gasteiger partial charge in [-0.25, -0.2) is 8.42 Å². The summed E-state index contributed by atoms with van der Waals surface area (Å²) in [7, 11) is -2.37. The van der Waals surface area contributed by atoms with Crippen LogP contribution >= 0.6 is 0 Å². The summed E-state index contributed by atoms with van der Waals surface area (Å²) in [5.74, 6) is 0.646. The van der Waals surface area contributed by atoms with Gasteiger partial charge in [-0.3, -0.25) is 9.52 Å². The van der Waals surface area contributed by atoms with Gasteiger partial charge in [-0.15, -0.1) is 0 Å². The fourth-order valence-corrected chi connectivity index (χ4v) is 3.55. The minimum absolute atomic E-state index is 0.0570. The molecule has 3 rings (SSSR count). The Kier molecular flexibility index (Phi) is 5.82. The average molecular weight is 392 g/mol. The molecule has 2 N–H and O–H groups in total. The Morgan fingerprint density at radius 1 is 1.04 bits per heavy atom. The topological polar surface area (TPSA) is 103 Å². The van der Waals surface area contributed by atoms with Crippen LogP contribution in [0.25, 0.3) is 0 Å². The lowest BCUT2D eigenvalue weighted by Gasteiger charge is -2.12. The van der Waals surface area contributed by atoms with Crippen molar-refractivity contribution < 1.29 is 27.4 Å². The number of hydrogen-bond acceptors (Lipinski definition) is 6. The molecule has 2 aromatic rings. The molecule has 0 bridgehead atoms. The van der Waals surface area contributed by atoms with E-state index in [-0.39, 0.29) is 17.4 Å². The third-order valence-corrected chi connectivity index (χ3v) is 5.10. The van der Waals surface area contributed by atoms with Gasteiger partial charge in [0.25, 0.3) is 10.0 Å². The summed E-state index contributed by atoms with van der Waals surface area (Å²) < 4.78 is 43.5. The van der Waals surface area contributed by atoms with Crippen molar-refractivity contribution in [1.29, 1.82) is 0 Å². The van der Waals surface area contributed by atoms with Crippen LogP contribution in [0.1, 0.15) is 6.42 Å². The highest BCUT2D eigenvalue weighted by Gasteiger charge is 2.19. The highest BCUT2D eigenvalue weighted by Crippen LogP contribution is 2.32. The van der Waals surface area contributed by atoms with Gasteiger partial charge in [0.1, 0.15) is 6.61 Å². The van der Waals surface area contributed by atoms with Gasteiger partial charge in [0.2, 0.25) is 5.91 Å². The van der Waals surface area contributed by atoms with Crippen LogP contribution in [-0.4, -0.2) is 41.3 Å². The van der Waals surface area contributed by atoms with Crippen LogP contribution in [0.15, 0.2) is 47.4 Å². The van der Waals surface area contributed by atoms with E-state index in [2.05, 4.69) is 10.0 Å². The molecule has 27 heavy (non-hydrogen) atoms. The summed E-state index contributed by atoms with van der Waals surface area (Å²) in [5.41, 5.74) is 0.905. The van der Waals surface area contributed by atoms with Gasteiger partial charge >= 0.3 is 0 Å². The lowest BCUT2D eigenvalue weighted by atomic mass is 10.3. The molecule has 2 aromatic carbocycles.